The summed E-state index contributed by atoms with van der Waals surface area (Å²) < 4.78 is 0. The Bertz CT molecular complexity index is 162. The quantitative estimate of drug-likeness (QED) is 0.438. The van der Waals surface area contributed by atoms with Crippen LogP contribution in [0.3, 0.4) is 0 Å². The number of carbonyl (C=O) groups excluding carboxylic acids is 1. The fraction of sp³-hybridized carbons (Fsp3) is 0.500. The Morgan fingerprint density at radius 1 is 1.62 bits per heavy atom. The summed E-state index contributed by atoms with van der Waals surface area (Å²) in [6.45, 7) is 0. The molecule has 1 amide bonds. The van der Waals surface area contributed by atoms with Crippen molar-refractivity contribution in [1.29, 1.82) is 0 Å². The lowest BCUT2D eigenvalue weighted by molar-refractivity contribution is -0.121. The summed E-state index contributed by atoms with van der Waals surface area (Å²) >= 11 is 0. The van der Waals surface area contributed by atoms with Crippen LogP contribution in [0.2, 0.25) is 0 Å². The van der Waals surface area contributed by atoms with Crippen LogP contribution in [0.4, 0.5) is 0 Å². The number of amides is 1. The number of rotatable bonds is 0. The Morgan fingerprint density at radius 2 is 2.50 bits per heavy atom. The van der Waals surface area contributed by atoms with Crippen LogP contribution in [-0.2, 0) is 4.79 Å². The van der Waals surface area contributed by atoms with Crippen molar-refractivity contribution in [2.75, 3.05) is 0 Å². The molecule has 1 N–H and O–H groups in total. The molecule has 0 aromatic carbocycles. The molecular weight excluding hydrogens is 102 g/mol. The molecule has 1 fully saturated rings. The van der Waals surface area contributed by atoms with E-state index in [-0.39, 0.29) is 11.8 Å². The van der Waals surface area contributed by atoms with Gasteiger partial charge in [0.2, 0.25) is 5.91 Å². The first kappa shape index (κ1) is 4.13. The van der Waals surface area contributed by atoms with E-state index < -0.39 is 0 Å². The van der Waals surface area contributed by atoms with Crippen molar-refractivity contribution >= 4 is 5.91 Å². The van der Waals surface area contributed by atoms with E-state index in [1.54, 1.807) is 0 Å². The molecule has 1 saturated heterocycles. The fourth-order valence-electron chi connectivity index (χ4n) is 1.29. The van der Waals surface area contributed by atoms with Gasteiger partial charge in [0.25, 0.3) is 0 Å². The summed E-state index contributed by atoms with van der Waals surface area (Å²) in [6, 6.07) is 0.368. The van der Waals surface area contributed by atoms with Crippen LogP contribution in [0.5, 0.6) is 0 Å². The molecule has 2 heteroatoms. The fourth-order valence-corrected chi connectivity index (χ4v) is 1.29. The summed E-state index contributed by atoms with van der Waals surface area (Å²) in [5, 5.41) is 2.83. The highest BCUT2D eigenvalue weighted by atomic mass is 16.2. The van der Waals surface area contributed by atoms with Crippen LogP contribution >= 0.6 is 0 Å². The topological polar surface area (TPSA) is 29.1 Å². The van der Waals surface area contributed by atoms with Gasteiger partial charge in [-0.2, -0.15) is 0 Å². The first-order chi connectivity index (χ1) is 3.86. The number of fused-ring (bicyclic) bond motifs is 2. The van der Waals surface area contributed by atoms with E-state index in [1.165, 1.54) is 0 Å². The molecule has 1 unspecified atom stereocenters. The summed E-state index contributed by atoms with van der Waals surface area (Å²) in [7, 11) is 0. The van der Waals surface area contributed by atoms with Gasteiger partial charge in [0.05, 0.1) is 5.92 Å². The lowest BCUT2D eigenvalue weighted by Crippen LogP contribution is -2.26. The predicted molar refractivity (Wildman–Crippen MR) is 29.2 cm³/mol. The molecule has 1 aliphatic heterocycles. The third-order valence-electron chi connectivity index (χ3n) is 1.75. The third-order valence-corrected chi connectivity index (χ3v) is 1.75. The van der Waals surface area contributed by atoms with Crippen LogP contribution in [0.25, 0.3) is 0 Å². The normalized spacial score (nSPS) is 40.8. The van der Waals surface area contributed by atoms with Crippen molar-refractivity contribution in [1.82, 2.24) is 5.32 Å². The molecule has 2 atom stereocenters. The zero-order chi connectivity index (χ0) is 5.56. The molecule has 0 aromatic rings. The van der Waals surface area contributed by atoms with Gasteiger partial charge in [0.15, 0.2) is 0 Å². The van der Waals surface area contributed by atoms with Crippen LogP contribution < -0.4 is 5.32 Å². The maximum atomic E-state index is 10.7. The van der Waals surface area contributed by atoms with Gasteiger partial charge in [-0.1, -0.05) is 12.2 Å². The molecule has 42 valence electrons. The number of hydrogen-bond donors (Lipinski definition) is 1. The van der Waals surface area contributed by atoms with E-state index in [9.17, 15) is 4.79 Å². The number of nitrogens with one attached hydrogen (secondary N) is 1. The number of carbonyl (C=O) groups is 1. The molecule has 2 bridgehead atoms. The van der Waals surface area contributed by atoms with Gasteiger partial charge in [-0.3, -0.25) is 4.79 Å². The van der Waals surface area contributed by atoms with Crippen LogP contribution in [0.15, 0.2) is 12.2 Å². The molecular formula is C6H7NO. The van der Waals surface area contributed by atoms with Gasteiger partial charge < -0.3 is 5.32 Å². The van der Waals surface area contributed by atoms with Crippen molar-refractivity contribution in [2.45, 2.75) is 12.5 Å². The van der Waals surface area contributed by atoms with E-state index >= 15 is 0 Å². The first-order valence-corrected chi connectivity index (χ1v) is 2.85. The lowest BCUT2D eigenvalue weighted by Gasteiger charge is -2.01. The maximum Gasteiger partial charge on any atom is 0.227 e. The molecule has 1 heterocycles. The molecule has 2 nitrogen and oxygen atoms in total. The average molecular weight is 109 g/mol. The second-order valence-corrected chi connectivity index (χ2v) is 2.34. The minimum absolute atomic E-state index is 0.206. The van der Waals surface area contributed by atoms with Crippen molar-refractivity contribution in [3.8, 4) is 0 Å². The Kier molecular flexibility index (Phi) is 0.583. The molecule has 0 saturated carbocycles. The molecule has 0 aromatic heterocycles. The summed E-state index contributed by atoms with van der Waals surface area (Å²) in [5.41, 5.74) is 0. The second-order valence-electron chi connectivity index (χ2n) is 2.34. The van der Waals surface area contributed by atoms with E-state index in [1.807, 2.05) is 6.08 Å². The SMILES string of the molecule is O=C1N[C@@H]2C=CC1C2. The summed E-state index contributed by atoms with van der Waals surface area (Å²) in [4.78, 5) is 10.7. The average Bonchev–Trinajstić information content (AvgIpc) is 2.23. The predicted octanol–water partition coefficient (Wildman–Crippen LogP) is 0.0609. The molecule has 1 aliphatic carbocycles. The minimum Gasteiger partial charge on any atom is -0.349 e. The van der Waals surface area contributed by atoms with Gasteiger partial charge in [0, 0.05) is 6.04 Å². The molecule has 0 radical (unpaired) electrons. The van der Waals surface area contributed by atoms with Crippen LogP contribution in [-0.4, -0.2) is 11.9 Å². The van der Waals surface area contributed by atoms with Crippen molar-refractivity contribution in [3.63, 3.8) is 0 Å². The van der Waals surface area contributed by atoms with E-state index in [2.05, 4.69) is 11.4 Å². The monoisotopic (exact) mass is 109 g/mol. The first-order valence-electron chi connectivity index (χ1n) is 2.85. The van der Waals surface area contributed by atoms with E-state index in [0.717, 1.165) is 6.42 Å². The van der Waals surface area contributed by atoms with Crippen LogP contribution in [0.1, 0.15) is 6.42 Å². The highest BCUT2D eigenvalue weighted by Gasteiger charge is 2.32. The van der Waals surface area contributed by atoms with Crippen molar-refractivity contribution in [2.24, 2.45) is 5.92 Å². The van der Waals surface area contributed by atoms with Crippen LogP contribution in [0, 0.1) is 5.92 Å². The molecule has 2 aliphatic rings. The maximum absolute atomic E-state index is 10.7. The highest BCUT2D eigenvalue weighted by Crippen LogP contribution is 2.23. The Morgan fingerprint density at radius 3 is 2.75 bits per heavy atom. The smallest absolute Gasteiger partial charge is 0.227 e. The Labute approximate surface area is 47.6 Å². The highest BCUT2D eigenvalue weighted by molar-refractivity contribution is 5.84. The second kappa shape index (κ2) is 1.13. The van der Waals surface area contributed by atoms with Gasteiger partial charge in [-0.25, -0.2) is 0 Å². The van der Waals surface area contributed by atoms with Gasteiger partial charge >= 0.3 is 0 Å². The van der Waals surface area contributed by atoms with E-state index in [4.69, 9.17) is 0 Å². The minimum atomic E-state index is 0.206. The zero-order valence-corrected chi connectivity index (χ0v) is 4.42. The number of hydrogen-bond acceptors (Lipinski definition) is 1. The van der Waals surface area contributed by atoms with E-state index in [0.29, 0.717) is 6.04 Å². The van der Waals surface area contributed by atoms with Crippen molar-refractivity contribution < 1.29 is 4.79 Å². The lowest BCUT2D eigenvalue weighted by atomic mass is 10.1. The summed E-state index contributed by atoms with van der Waals surface area (Å²) in [6.07, 6.45) is 5.05. The molecule has 8 heavy (non-hydrogen) atoms. The largest absolute Gasteiger partial charge is 0.349 e. The Hall–Kier alpha value is -0.790. The molecule has 0 spiro atoms. The van der Waals surface area contributed by atoms with Crippen molar-refractivity contribution in [3.05, 3.63) is 12.2 Å². The van der Waals surface area contributed by atoms with Gasteiger partial charge in [-0.15, -0.1) is 0 Å². The third kappa shape index (κ3) is 0.351. The van der Waals surface area contributed by atoms with Gasteiger partial charge in [0.1, 0.15) is 0 Å². The Balaban J connectivity index is 2.35. The molecule has 2 rings (SSSR count). The van der Waals surface area contributed by atoms with Gasteiger partial charge in [-0.05, 0) is 6.42 Å². The standard InChI is InChI=1S/C6H7NO/c8-6-4-1-2-5(3-4)7-6/h1-2,4-5H,3H2,(H,7,8)/t4?,5-/m1/s1. The summed E-state index contributed by atoms with van der Waals surface area (Å²) in [5.74, 6) is 0.414. The zero-order valence-electron chi connectivity index (χ0n) is 4.42.